The van der Waals surface area contributed by atoms with Crippen molar-refractivity contribution >= 4 is 34.7 Å². The number of hydrogen-bond acceptors (Lipinski definition) is 3. The number of aromatic carboxylic acids is 1. The highest BCUT2D eigenvalue weighted by molar-refractivity contribution is 6.57. The molecule has 2 aromatic rings. The molecule has 5 heteroatoms. The molecule has 0 heterocycles. The Morgan fingerprint density at radius 3 is 1.97 bits per heavy atom. The van der Waals surface area contributed by atoms with Crippen LogP contribution in [0.3, 0.4) is 0 Å². The van der Waals surface area contributed by atoms with Gasteiger partial charge in [-0.25, -0.2) is 4.79 Å². The van der Waals surface area contributed by atoms with Crippen LogP contribution in [0.25, 0.3) is 5.57 Å². The van der Waals surface area contributed by atoms with Gasteiger partial charge < -0.3 is 5.11 Å². The molecule has 0 bridgehead atoms. The molecule has 0 saturated heterocycles. The average molecular weight is 437 g/mol. The lowest BCUT2D eigenvalue weighted by Crippen LogP contribution is -2.35. The fourth-order valence-corrected chi connectivity index (χ4v) is 5.14. The zero-order valence-electron chi connectivity index (χ0n) is 18.4. The van der Waals surface area contributed by atoms with E-state index < -0.39 is 17.5 Å². The molecule has 0 atom stereocenters. The largest absolute Gasteiger partial charge is 0.478 e. The van der Waals surface area contributed by atoms with Crippen molar-refractivity contribution in [2.75, 3.05) is 0 Å². The number of rotatable bonds is 2. The number of allylic oxidation sites excluding steroid dienone is 2. The summed E-state index contributed by atoms with van der Waals surface area (Å²) in [5, 5.41) is 9.46. The van der Waals surface area contributed by atoms with Crippen LogP contribution in [-0.4, -0.2) is 22.6 Å². The van der Waals surface area contributed by atoms with Crippen molar-refractivity contribution in [3.63, 3.8) is 0 Å². The highest BCUT2D eigenvalue weighted by Gasteiger charge is 2.41. The van der Waals surface area contributed by atoms with E-state index in [1.54, 1.807) is 19.1 Å². The van der Waals surface area contributed by atoms with E-state index in [0.29, 0.717) is 16.7 Å². The minimum absolute atomic E-state index is 0.0255. The number of fused-ring (bicyclic) bond motifs is 2. The van der Waals surface area contributed by atoms with Crippen LogP contribution >= 0.6 is 11.6 Å². The number of aryl methyl sites for hydroxylation is 1. The maximum atomic E-state index is 13.7. The van der Waals surface area contributed by atoms with Gasteiger partial charge in [0.2, 0.25) is 5.78 Å². The Balaban J connectivity index is 2.01. The van der Waals surface area contributed by atoms with E-state index in [9.17, 15) is 19.5 Å². The summed E-state index contributed by atoms with van der Waals surface area (Å²) in [6.45, 7) is 10.3. The summed E-state index contributed by atoms with van der Waals surface area (Å²) in [7, 11) is 0. The van der Waals surface area contributed by atoms with Gasteiger partial charge in [0, 0.05) is 16.7 Å². The molecule has 2 aliphatic rings. The quantitative estimate of drug-likeness (QED) is 0.620. The SMILES string of the molecule is Cc1cccc(C(=O)O)c1C1=C(Cl)C(=O)c2cc3c(cc2C1=O)C(C)(C)CCC3(C)C. The van der Waals surface area contributed by atoms with E-state index in [-0.39, 0.29) is 32.6 Å². The highest BCUT2D eigenvalue weighted by atomic mass is 35.5. The molecule has 2 aromatic carbocycles. The predicted octanol–water partition coefficient (Wildman–Crippen LogP) is 6.07. The maximum absolute atomic E-state index is 13.7. The minimum Gasteiger partial charge on any atom is -0.478 e. The topological polar surface area (TPSA) is 71.4 Å². The molecule has 4 rings (SSSR count). The van der Waals surface area contributed by atoms with Crippen LogP contribution in [0.1, 0.15) is 93.9 Å². The molecule has 4 nitrogen and oxygen atoms in total. The first-order valence-corrected chi connectivity index (χ1v) is 10.8. The second-order valence-electron chi connectivity index (χ2n) is 9.86. The van der Waals surface area contributed by atoms with Gasteiger partial charge in [0.1, 0.15) is 5.03 Å². The first-order chi connectivity index (χ1) is 14.4. The van der Waals surface area contributed by atoms with Crippen LogP contribution in [0.5, 0.6) is 0 Å². The van der Waals surface area contributed by atoms with Crippen LogP contribution in [0.4, 0.5) is 0 Å². The van der Waals surface area contributed by atoms with Gasteiger partial charge in [0.05, 0.1) is 11.1 Å². The van der Waals surface area contributed by atoms with Gasteiger partial charge >= 0.3 is 5.97 Å². The Kier molecular flexibility index (Phi) is 4.78. The molecular weight excluding hydrogens is 412 g/mol. The number of carboxylic acids is 1. The van der Waals surface area contributed by atoms with Gasteiger partial charge in [-0.2, -0.15) is 0 Å². The Hall–Kier alpha value is -2.72. The van der Waals surface area contributed by atoms with Gasteiger partial charge in [-0.15, -0.1) is 0 Å². The Labute approximate surface area is 186 Å². The van der Waals surface area contributed by atoms with Crippen molar-refractivity contribution in [1.82, 2.24) is 0 Å². The van der Waals surface area contributed by atoms with Crippen LogP contribution in [-0.2, 0) is 10.8 Å². The lowest BCUT2D eigenvalue weighted by Gasteiger charge is -2.42. The summed E-state index contributed by atoms with van der Waals surface area (Å²) in [5.74, 6) is -2.01. The molecule has 0 spiro atoms. The van der Waals surface area contributed by atoms with Gasteiger partial charge in [-0.3, -0.25) is 9.59 Å². The van der Waals surface area contributed by atoms with Gasteiger partial charge in [0.15, 0.2) is 5.78 Å². The van der Waals surface area contributed by atoms with Crippen LogP contribution in [0.2, 0.25) is 0 Å². The molecule has 0 aromatic heterocycles. The third kappa shape index (κ3) is 3.16. The number of carbonyl (C=O) groups is 3. The number of hydrogen-bond donors (Lipinski definition) is 1. The van der Waals surface area contributed by atoms with Crippen LogP contribution < -0.4 is 0 Å². The van der Waals surface area contributed by atoms with Crippen molar-refractivity contribution in [2.45, 2.75) is 58.3 Å². The van der Waals surface area contributed by atoms with Crippen molar-refractivity contribution < 1.29 is 19.5 Å². The average Bonchev–Trinajstić information content (AvgIpc) is 2.70. The Morgan fingerprint density at radius 2 is 1.45 bits per heavy atom. The zero-order valence-corrected chi connectivity index (χ0v) is 19.1. The number of carboxylic acid groups (broad SMARTS) is 1. The summed E-state index contributed by atoms with van der Waals surface area (Å²) in [4.78, 5) is 38.8. The third-order valence-corrected chi connectivity index (χ3v) is 7.24. The number of halogens is 1. The highest BCUT2D eigenvalue weighted by Crippen LogP contribution is 2.48. The molecular formula is C26H25ClO4. The summed E-state index contributed by atoms with van der Waals surface area (Å²) in [5.41, 5.74) is 3.19. The second kappa shape index (κ2) is 6.89. The zero-order chi connectivity index (χ0) is 22.9. The van der Waals surface area contributed by atoms with Crippen molar-refractivity contribution in [3.05, 3.63) is 74.3 Å². The molecule has 0 aliphatic heterocycles. The molecule has 0 fully saturated rings. The van der Waals surface area contributed by atoms with E-state index in [1.807, 2.05) is 12.1 Å². The van der Waals surface area contributed by atoms with Gasteiger partial charge in [-0.05, 0) is 65.5 Å². The van der Waals surface area contributed by atoms with Crippen LogP contribution in [0, 0.1) is 6.92 Å². The van der Waals surface area contributed by atoms with E-state index in [4.69, 9.17) is 11.6 Å². The number of carbonyl (C=O) groups excluding carboxylic acids is 2. The second-order valence-corrected chi connectivity index (χ2v) is 10.2. The van der Waals surface area contributed by atoms with E-state index in [1.165, 1.54) is 6.07 Å². The molecule has 160 valence electrons. The van der Waals surface area contributed by atoms with E-state index in [2.05, 4.69) is 27.7 Å². The van der Waals surface area contributed by atoms with Crippen LogP contribution in [0.15, 0.2) is 35.4 Å². The number of Topliss-reactive ketones (excluding diaryl/α,β-unsaturated/α-hetero) is 2. The summed E-state index contributed by atoms with van der Waals surface area (Å²) in [6.07, 6.45) is 1.95. The third-order valence-electron chi connectivity index (χ3n) is 6.88. The summed E-state index contributed by atoms with van der Waals surface area (Å²) < 4.78 is 0. The Bertz CT molecular complexity index is 1210. The van der Waals surface area contributed by atoms with Crippen molar-refractivity contribution in [2.24, 2.45) is 0 Å². The smallest absolute Gasteiger partial charge is 0.336 e. The monoisotopic (exact) mass is 436 g/mol. The van der Waals surface area contributed by atoms with Gasteiger partial charge in [0.25, 0.3) is 0 Å². The lowest BCUT2D eigenvalue weighted by atomic mass is 9.62. The first kappa shape index (κ1) is 21.5. The number of benzene rings is 2. The maximum Gasteiger partial charge on any atom is 0.336 e. The minimum atomic E-state index is -1.17. The summed E-state index contributed by atoms with van der Waals surface area (Å²) in [6, 6.07) is 8.42. The molecule has 1 N–H and O–H groups in total. The van der Waals surface area contributed by atoms with E-state index in [0.717, 1.165) is 24.0 Å². The fourth-order valence-electron chi connectivity index (χ4n) is 4.86. The first-order valence-electron chi connectivity index (χ1n) is 10.4. The number of ketones is 2. The fraction of sp³-hybridized carbons (Fsp3) is 0.346. The molecule has 2 aliphatic carbocycles. The predicted molar refractivity (Wildman–Crippen MR) is 121 cm³/mol. The Morgan fingerprint density at radius 1 is 0.935 bits per heavy atom. The molecule has 0 amide bonds. The molecule has 31 heavy (non-hydrogen) atoms. The molecule has 0 unspecified atom stereocenters. The normalized spacial score (nSPS) is 19.2. The summed E-state index contributed by atoms with van der Waals surface area (Å²) >= 11 is 6.47. The van der Waals surface area contributed by atoms with Crippen molar-refractivity contribution in [3.8, 4) is 0 Å². The lowest BCUT2D eigenvalue weighted by molar-refractivity contribution is 0.0696. The van der Waals surface area contributed by atoms with Gasteiger partial charge in [-0.1, -0.05) is 51.4 Å². The molecule has 0 radical (unpaired) electrons. The van der Waals surface area contributed by atoms with Crippen molar-refractivity contribution in [1.29, 1.82) is 0 Å². The van der Waals surface area contributed by atoms with E-state index >= 15 is 0 Å². The standard InChI is InChI=1S/C26H25ClO4/c1-13-7-6-8-14(24(30)31)19(13)20-21(27)23(29)16-12-18-17(11-15(16)22(20)28)25(2,3)9-10-26(18,4)5/h6-8,11-12H,9-10H2,1-5H3,(H,30,31). The molecule has 0 saturated carbocycles.